The Labute approximate surface area is 306 Å². The van der Waals surface area contributed by atoms with Crippen molar-refractivity contribution in [2.24, 2.45) is 0 Å². The zero-order valence-corrected chi connectivity index (χ0v) is 28.8. The smallest absolute Gasteiger partial charge is 0.143 e. The fourth-order valence-electron chi connectivity index (χ4n) is 8.35. The van der Waals surface area contributed by atoms with Gasteiger partial charge in [-0.3, -0.25) is 0 Å². The summed E-state index contributed by atoms with van der Waals surface area (Å²) in [5, 5.41) is 9.39. The normalized spacial score (nSPS) is 11.8. The van der Waals surface area contributed by atoms with E-state index >= 15 is 0 Å². The van der Waals surface area contributed by atoms with Crippen molar-refractivity contribution in [3.05, 3.63) is 194 Å². The highest BCUT2D eigenvalue weighted by Crippen LogP contribution is 2.47. The first kappa shape index (κ1) is 29.6. The van der Waals surface area contributed by atoms with E-state index in [1.807, 2.05) is 0 Å². The maximum Gasteiger partial charge on any atom is 0.143 e. The monoisotopic (exact) mass is 676 g/mol. The zero-order valence-electron chi connectivity index (χ0n) is 28.8. The van der Waals surface area contributed by atoms with Gasteiger partial charge < -0.3 is 13.9 Å². The second-order valence-electron chi connectivity index (χ2n) is 13.7. The van der Waals surface area contributed by atoms with Gasteiger partial charge in [0.1, 0.15) is 11.2 Å². The molecule has 9 aromatic carbocycles. The van der Waals surface area contributed by atoms with E-state index in [2.05, 4.69) is 204 Å². The highest BCUT2D eigenvalue weighted by molar-refractivity contribution is 6.20. The van der Waals surface area contributed by atoms with Crippen LogP contribution in [0, 0.1) is 0 Å². The lowest BCUT2D eigenvalue weighted by molar-refractivity contribution is 0.672. The summed E-state index contributed by atoms with van der Waals surface area (Å²) in [4.78, 5) is 2.43. The van der Waals surface area contributed by atoms with Crippen LogP contribution in [0.4, 0.5) is 17.1 Å². The third-order valence-electron chi connectivity index (χ3n) is 10.7. The van der Waals surface area contributed by atoms with Gasteiger partial charge in [0.25, 0.3) is 0 Å². The molecule has 0 fully saturated rings. The van der Waals surface area contributed by atoms with E-state index in [0.717, 1.165) is 61.0 Å². The Kier molecular flexibility index (Phi) is 6.55. The van der Waals surface area contributed by atoms with E-state index in [1.54, 1.807) is 0 Å². The molecule has 0 aliphatic rings. The summed E-state index contributed by atoms with van der Waals surface area (Å²) in [5.74, 6) is 0. The quantitative estimate of drug-likeness (QED) is 0.181. The minimum Gasteiger partial charge on any atom is -0.455 e. The van der Waals surface area contributed by atoms with Crippen LogP contribution >= 0.6 is 0 Å². The van der Waals surface area contributed by atoms with Crippen LogP contribution < -0.4 is 4.90 Å². The average Bonchev–Trinajstić information content (AvgIpc) is 3.78. The van der Waals surface area contributed by atoms with Crippen molar-refractivity contribution in [3.63, 3.8) is 0 Å². The summed E-state index contributed by atoms with van der Waals surface area (Å²) >= 11 is 0. The van der Waals surface area contributed by atoms with E-state index in [1.165, 1.54) is 38.1 Å². The topological polar surface area (TPSA) is 21.3 Å². The molecule has 0 N–H and O–H groups in total. The van der Waals surface area contributed by atoms with Crippen molar-refractivity contribution >= 4 is 82.4 Å². The summed E-state index contributed by atoms with van der Waals surface area (Å²) in [7, 11) is 0. The predicted octanol–water partition coefficient (Wildman–Crippen LogP) is 14.1. The van der Waals surface area contributed by atoms with Gasteiger partial charge in [0.05, 0.1) is 33.5 Å². The molecule has 0 spiro atoms. The number of nitrogens with zero attached hydrogens (tertiary/aromatic N) is 2. The van der Waals surface area contributed by atoms with Crippen LogP contribution in [0.5, 0.6) is 0 Å². The predicted molar refractivity (Wildman–Crippen MR) is 223 cm³/mol. The first-order valence-electron chi connectivity index (χ1n) is 18.1. The number of benzene rings is 9. The lowest BCUT2D eigenvalue weighted by Gasteiger charge is -2.29. The van der Waals surface area contributed by atoms with Gasteiger partial charge in [-0.2, -0.15) is 0 Å². The first-order chi connectivity index (χ1) is 26.3. The molecule has 0 saturated carbocycles. The third kappa shape index (κ3) is 4.61. The molecule has 53 heavy (non-hydrogen) atoms. The van der Waals surface area contributed by atoms with Crippen molar-refractivity contribution in [2.45, 2.75) is 0 Å². The van der Waals surface area contributed by atoms with Crippen LogP contribution in [0.2, 0.25) is 0 Å². The van der Waals surface area contributed by atoms with Crippen LogP contribution in [0.1, 0.15) is 0 Å². The lowest BCUT2D eigenvalue weighted by Crippen LogP contribution is -2.13. The van der Waals surface area contributed by atoms with Crippen molar-refractivity contribution in [1.29, 1.82) is 0 Å². The third-order valence-corrected chi connectivity index (χ3v) is 10.7. The highest BCUT2D eigenvalue weighted by Gasteiger charge is 2.24. The van der Waals surface area contributed by atoms with E-state index in [4.69, 9.17) is 4.42 Å². The molecule has 0 radical (unpaired) electrons. The SMILES string of the molecule is c1cc(-c2ccc3ccccc3c2)cc(N(c2ccccc2-n2c3ccccc3c3ccccc32)c2cccc3oc4c5ccccc5ccc4c23)c1. The number of aromatic nitrogens is 1. The van der Waals surface area contributed by atoms with Gasteiger partial charge in [0, 0.05) is 27.2 Å². The molecule has 3 nitrogen and oxygen atoms in total. The fraction of sp³-hybridized carbons (Fsp3) is 0. The van der Waals surface area contributed by atoms with Gasteiger partial charge >= 0.3 is 0 Å². The number of fused-ring (bicyclic) bond motifs is 9. The van der Waals surface area contributed by atoms with Crippen LogP contribution in [0.3, 0.4) is 0 Å². The Morgan fingerprint density at radius 3 is 1.85 bits per heavy atom. The number of furan rings is 1. The van der Waals surface area contributed by atoms with Gasteiger partial charge in [-0.15, -0.1) is 0 Å². The standard InChI is InChI=1S/C50H32N2O/c1-2-15-35-31-37(28-27-33(35)13-1)36-16-11-17-38(32-36)51(47-25-12-26-48-49(47)42-30-29-34-14-3-4-18-39(34)50(42)53-48)45-23-9-10-24-46(45)52-43-21-7-5-19-40(43)41-20-6-8-22-44(41)52/h1-32H. The minimum atomic E-state index is 0.860. The Balaban J connectivity index is 1.22. The highest BCUT2D eigenvalue weighted by atomic mass is 16.3. The van der Waals surface area contributed by atoms with E-state index in [-0.39, 0.29) is 0 Å². The van der Waals surface area contributed by atoms with Crippen molar-refractivity contribution < 1.29 is 4.42 Å². The Morgan fingerprint density at radius 1 is 0.396 bits per heavy atom. The van der Waals surface area contributed by atoms with Crippen LogP contribution in [0.15, 0.2) is 199 Å². The Bertz CT molecular complexity index is 3150. The maximum absolute atomic E-state index is 6.75. The summed E-state index contributed by atoms with van der Waals surface area (Å²) in [6.45, 7) is 0. The summed E-state index contributed by atoms with van der Waals surface area (Å²) in [6.07, 6.45) is 0. The molecule has 0 amide bonds. The number of para-hydroxylation sites is 4. The molecular formula is C50H32N2O. The zero-order chi connectivity index (χ0) is 34.9. The maximum atomic E-state index is 6.75. The minimum absolute atomic E-state index is 0.860. The van der Waals surface area contributed by atoms with Crippen LogP contribution in [0.25, 0.3) is 82.1 Å². The first-order valence-corrected chi connectivity index (χ1v) is 18.1. The lowest BCUT2D eigenvalue weighted by atomic mass is 10.00. The molecule has 3 heteroatoms. The average molecular weight is 677 g/mol. The van der Waals surface area contributed by atoms with Gasteiger partial charge in [0.2, 0.25) is 0 Å². The van der Waals surface area contributed by atoms with Gasteiger partial charge in [-0.1, -0.05) is 133 Å². The van der Waals surface area contributed by atoms with Crippen molar-refractivity contribution in [2.75, 3.05) is 4.90 Å². The fourth-order valence-corrected chi connectivity index (χ4v) is 8.35. The number of anilines is 3. The van der Waals surface area contributed by atoms with Crippen LogP contribution in [-0.4, -0.2) is 4.57 Å². The molecule has 0 saturated heterocycles. The molecule has 0 unspecified atom stereocenters. The van der Waals surface area contributed by atoms with E-state index in [0.29, 0.717) is 0 Å². The number of rotatable bonds is 5. The molecule has 11 aromatic rings. The number of hydrogen-bond acceptors (Lipinski definition) is 2. The Morgan fingerprint density at radius 2 is 1.02 bits per heavy atom. The molecule has 0 aliphatic heterocycles. The second kappa shape index (κ2) is 11.7. The second-order valence-corrected chi connectivity index (χ2v) is 13.7. The molecule has 0 atom stereocenters. The molecule has 2 aromatic heterocycles. The van der Waals surface area contributed by atoms with Gasteiger partial charge in [-0.05, 0) is 87.9 Å². The molecule has 2 heterocycles. The van der Waals surface area contributed by atoms with Gasteiger partial charge in [0.15, 0.2) is 0 Å². The Hall–Kier alpha value is -7.10. The molecule has 0 bridgehead atoms. The van der Waals surface area contributed by atoms with E-state index in [9.17, 15) is 0 Å². The molecule has 248 valence electrons. The number of hydrogen-bond donors (Lipinski definition) is 0. The van der Waals surface area contributed by atoms with Crippen molar-refractivity contribution in [1.82, 2.24) is 4.57 Å². The largest absolute Gasteiger partial charge is 0.455 e. The molecule has 0 aliphatic carbocycles. The van der Waals surface area contributed by atoms with Crippen LogP contribution in [-0.2, 0) is 0 Å². The molecular weight excluding hydrogens is 645 g/mol. The van der Waals surface area contributed by atoms with Crippen molar-refractivity contribution in [3.8, 4) is 16.8 Å². The summed E-state index contributed by atoms with van der Waals surface area (Å²) in [6, 6.07) is 69.8. The summed E-state index contributed by atoms with van der Waals surface area (Å²) in [5.41, 5.74) is 10.7. The van der Waals surface area contributed by atoms with Gasteiger partial charge in [-0.25, -0.2) is 0 Å². The molecule has 11 rings (SSSR count). The van der Waals surface area contributed by atoms with E-state index < -0.39 is 0 Å². The summed E-state index contributed by atoms with van der Waals surface area (Å²) < 4.78 is 9.17.